The largest absolute Gasteiger partial charge is 0.416 e. The van der Waals surface area contributed by atoms with Crippen molar-refractivity contribution in [2.45, 2.75) is 25.5 Å². The molecule has 8 aromatic rings. The summed E-state index contributed by atoms with van der Waals surface area (Å²) in [6.45, 7) is 9.64. The van der Waals surface area contributed by atoms with Crippen LogP contribution in [0.2, 0.25) is 0 Å². The van der Waals surface area contributed by atoms with Gasteiger partial charge >= 0.3 is 18.5 Å². The first kappa shape index (κ1) is 33.9. The second kappa shape index (κ2) is 11.6. The minimum Gasteiger partial charge on any atom is -0.308 e. The van der Waals surface area contributed by atoms with Crippen molar-refractivity contribution in [3.05, 3.63) is 149 Å². The van der Waals surface area contributed by atoms with E-state index in [4.69, 9.17) is 6.57 Å². The lowest BCUT2D eigenvalue weighted by atomic mass is 9.97. The molecule has 6 aromatic carbocycles. The zero-order chi connectivity index (χ0) is 37.6. The molecular weight excluding hydrogens is 705 g/mol. The number of para-hydroxylation sites is 2. The number of benzene rings is 6. The molecule has 0 fully saturated rings. The topological polar surface area (TPSA) is 14.2 Å². The summed E-state index contributed by atoms with van der Waals surface area (Å²) >= 11 is 0. The SMILES string of the molecule is [C-]#[N+]c1cc(-n2c3ccccc3c3cc(C(F)(F)F)ccc32)c(-n2c3ccccc3c3cc(C(F)(F)F)ccc32)cc1-c1cc(C)cc(C(F)(F)F)c1. The second-order valence-corrected chi connectivity index (χ2v) is 12.7. The Hall–Kier alpha value is -6.22. The van der Waals surface area contributed by atoms with E-state index in [1.807, 2.05) is 0 Å². The summed E-state index contributed by atoms with van der Waals surface area (Å²) in [6.07, 6.45) is -14.0. The first-order chi connectivity index (χ1) is 25.0. The summed E-state index contributed by atoms with van der Waals surface area (Å²) in [4.78, 5) is 3.70. The molecule has 8 rings (SSSR count). The van der Waals surface area contributed by atoms with Gasteiger partial charge in [0.05, 0.1) is 56.7 Å². The van der Waals surface area contributed by atoms with Gasteiger partial charge in [-0.3, -0.25) is 0 Å². The van der Waals surface area contributed by atoms with Gasteiger partial charge < -0.3 is 9.13 Å². The highest BCUT2D eigenvalue weighted by atomic mass is 19.4. The molecule has 3 nitrogen and oxygen atoms in total. The van der Waals surface area contributed by atoms with E-state index in [1.165, 1.54) is 37.3 Å². The van der Waals surface area contributed by atoms with Crippen molar-refractivity contribution in [2.24, 2.45) is 0 Å². The summed E-state index contributed by atoms with van der Waals surface area (Å²) in [6, 6.07) is 26.3. The quantitative estimate of drug-likeness (QED) is 0.127. The summed E-state index contributed by atoms with van der Waals surface area (Å²) in [5.74, 6) is 0. The number of alkyl halides is 9. The van der Waals surface area contributed by atoms with Crippen LogP contribution in [0.5, 0.6) is 0 Å². The van der Waals surface area contributed by atoms with Crippen LogP contribution in [0, 0.1) is 13.5 Å². The molecule has 53 heavy (non-hydrogen) atoms. The molecule has 12 heteroatoms. The standard InChI is InChI=1S/C41H22F9N3/c1-22-15-23(17-26(16-22)41(48,49)50)29-20-37(52-33-9-5-3-7-27(33)30-18-24(39(42,43)44)11-13-35(30)52)38(21-32(29)51-2)53-34-10-6-4-8-28(34)31-19-25(40(45,46)47)12-14-36(31)53/h3-21H,1H3. The smallest absolute Gasteiger partial charge is 0.308 e. The summed E-state index contributed by atoms with van der Waals surface area (Å²) in [7, 11) is 0. The van der Waals surface area contributed by atoms with Crippen molar-refractivity contribution < 1.29 is 39.5 Å². The molecule has 0 bridgehead atoms. The summed E-state index contributed by atoms with van der Waals surface area (Å²) < 4.78 is 129. The number of aryl methyl sites for hydroxylation is 1. The van der Waals surface area contributed by atoms with Crippen molar-refractivity contribution in [3.63, 3.8) is 0 Å². The van der Waals surface area contributed by atoms with Gasteiger partial charge in [0.25, 0.3) is 0 Å². The van der Waals surface area contributed by atoms with Gasteiger partial charge in [-0.15, -0.1) is 0 Å². The van der Waals surface area contributed by atoms with Gasteiger partial charge in [0.1, 0.15) is 0 Å². The molecule has 0 aliphatic rings. The number of hydrogen-bond donors (Lipinski definition) is 0. The maximum absolute atomic E-state index is 14.0. The van der Waals surface area contributed by atoms with E-state index in [0.29, 0.717) is 32.8 Å². The van der Waals surface area contributed by atoms with Crippen LogP contribution in [0.15, 0.2) is 115 Å². The van der Waals surface area contributed by atoms with E-state index in [9.17, 15) is 39.5 Å². The highest BCUT2D eigenvalue weighted by Crippen LogP contribution is 2.45. The lowest BCUT2D eigenvalue weighted by molar-refractivity contribution is -0.138. The van der Waals surface area contributed by atoms with Crippen LogP contribution in [0.1, 0.15) is 22.3 Å². The average molecular weight is 728 g/mol. The number of fused-ring (bicyclic) bond motifs is 6. The molecule has 264 valence electrons. The van der Waals surface area contributed by atoms with Crippen LogP contribution in [0.3, 0.4) is 0 Å². The number of hydrogen-bond acceptors (Lipinski definition) is 0. The van der Waals surface area contributed by atoms with E-state index in [0.717, 1.165) is 36.4 Å². The van der Waals surface area contributed by atoms with Gasteiger partial charge in [0, 0.05) is 21.5 Å². The molecule has 0 N–H and O–H groups in total. The Balaban J connectivity index is 1.55. The fourth-order valence-electron chi connectivity index (χ4n) is 7.17. The number of nitrogens with zero attached hydrogens (tertiary/aromatic N) is 3. The van der Waals surface area contributed by atoms with E-state index >= 15 is 0 Å². The Morgan fingerprint density at radius 3 is 1.40 bits per heavy atom. The van der Waals surface area contributed by atoms with Crippen LogP contribution < -0.4 is 0 Å². The molecule has 2 aromatic heterocycles. The molecular formula is C41H22F9N3. The second-order valence-electron chi connectivity index (χ2n) is 12.7. The Bertz CT molecular complexity index is 2830. The van der Waals surface area contributed by atoms with Gasteiger partial charge in [0.2, 0.25) is 0 Å². The molecule has 0 aliphatic heterocycles. The summed E-state index contributed by atoms with van der Waals surface area (Å²) in [5, 5.41) is 1.39. The van der Waals surface area contributed by atoms with E-state index < -0.39 is 35.2 Å². The minimum atomic E-state index is -4.71. The van der Waals surface area contributed by atoms with Crippen molar-refractivity contribution >= 4 is 49.3 Å². The third-order valence-electron chi connectivity index (χ3n) is 9.41. The minimum absolute atomic E-state index is 0.0551. The molecule has 2 heterocycles. The van der Waals surface area contributed by atoms with Gasteiger partial charge in [0.15, 0.2) is 5.69 Å². The predicted molar refractivity (Wildman–Crippen MR) is 187 cm³/mol. The van der Waals surface area contributed by atoms with Crippen molar-refractivity contribution in [1.29, 1.82) is 0 Å². The molecule has 0 aliphatic carbocycles. The third-order valence-corrected chi connectivity index (χ3v) is 9.41. The number of rotatable bonds is 3. The maximum Gasteiger partial charge on any atom is 0.416 e. The van der Waals surface area contributed by atoms with Gasteiger partial charge in [-0.1, -0.05) is 42.5 Å². The van der Waals surface area contributed by atoms with Crippen LogP contribution in [0.25, 0.3) is 71.0 Å². The van der Waals surface area contributed by atoms with E-state index in [1.54, 1.807) is 57.7 Å². The van der Waals surface area contributed by atoms with Gasteiger partial charge in [-0.05, 0) is 96.4 Å². The molecule has 0 atom stereocenters. The van der Waals surface area contributed by atoms with Crippen LogP contribution in [0.4, 0.5) is 45.2 Å². The van der Waals surface area contributed by atoms with Crippen LogP contribution in [-0.4, -0.2) is 9.13 Å². The van der Waals surface area contributed by atoms with Crippen molar-refractivity contribution in [1.82, 2.24) is 9.13 Å². The predicted octanol–water partition coefficient (Wildman–Crippen LogP) is 13.5. The third kappa shape index (κ3) is 5.55. The molecule has 0 radical (unpaired) electrons. The average Bonchev–Trinajstić information content (AvgIpc) is 3.62. The van der Waals surface area contributed by atoms with E-state index in [2.05, 4.69) is 4.85 Å². The number of halogens is 9. The lowest BCUT2D eigenvalue weighted by Crippen LogP contribution is -2.07. The Kier molecular flexibility index (Phi) is 7.45. The molecule has 0 saturated carbocycles. The molecule has 0 amide bonds. The lowest BCUT2D eigenvalue weighted by Gasteiger charge is -2.20. The maximum atomic E-state index is 14.0. The normalized spacial score (nSPS) is 12.7. The van der Waals surface area contributed by atoms with Gasteiger partial charge in [-0.2, -0.15) is 39.5 Å². The molecule has 0 unspecified atom stereocenters. The van der Waals surface area contributed by atoms with Gasteiger partial charge in [-0.25, -0.2) is 4.85 Å². The number of aromatic nitrogens is 2. The highest BCUT2D eigenvalue weighted by molar-refractivity contribution is 6.12. The van der Waals surface area contributed by atoms with Crippen LogP contribution in [-0.2, 0) is 18.5 Å². The highest BCUT2D eigenvalue weighted by Gasteiger charge is 2.34. The monoisotopic (exact) mass is 727 g/mol. The zero-order valence-corrected chi connectivity index (χ0v) is 27.2. The first-order valence-corrected chi connectivity index (χ1v) is 16.0. The van der Waals surface area contributed by atoms with Crippen LogP contribution >= 0.6 is 0 Å². The Labute approximate surface area is 294 Å². The fourth-order valence-corrected chi connectivity index (χ4v) is 7.17. The summed E-state index contributed by atoms with van der Waals surface area (Å²) in [5.41, 5.74) is -0.211. The van der Waals surface area contributed by atoms with Crippen molar-refractivity contribution in [2.75, 3.05) is 0 Å². The zero-order valence-electron chi connectivity index (χ0n) is 27.2. The Morgan fingerprint density at radius 1 is 0.472 bits per heavy atom. The van der Waals surface area contributed by atoms with E-state index in [-0.39, 0.29) is 44.5 Å². The fraction of sp³-hybridized carbons (Fsp3) is 0.0976. The first-order valence-electron chi connectivity index (χ1n) is 16.0. The molecule has 0 spiro atoms. The molecule has 0 saturated heterocycles. The Morgan fingerprint density at radius 2 is 0.925 bits per heavy atom. The van der Waals surface area contributed by atoms with Crippen molar-refractivity contribution in [3.8, 4) is 22.5 Å².